The summed E-state index contributed by atoms with van der Waals surface area (Å²) in [4.78, 5) is 8.22. The van der Waals surface area contributed by atoms with Crippen molar-refractivity contribution < 1.29 is 4.42 Å². The second-order valence-electron chi connectivity index (χ2n) is 4.98. The molecule has 0 radical (unpaired) electrons. The van der Waals surface area contributed by atoms with Crippen LogP contribution in [0.5, 0.6) is 0 Å². The van der Waals surface area contributed by atoms with Gasteiger partial charge in [-0.15, -0.1) is 0 Å². The summed E-state index contributed by atoms with van der Waals surface area (Å²) in [5.74, 6) is 1.90. The Hall–Kier alpha value is -2.62. The van der Waals surface area contributed by atoms with Crippen LogP contribution in [0.2, 0.25) is 0 Å². The summed E-state index contributed by atoms with van der Waals surface area (Å²) in [6.07, 6.45) is 10.3. The lowest BCUT2D eigenvalue weighted by atomic mass is 9.98. The maximum Gasteiger partial charge on any atom is 0.181 e. The maximum absolute atomic E-state index is 5.15. The molecule has 0 aromatic carbocycles. The van der Waals surface area contributed by atoms with Crippen LogP contribution in [0.4, 0.5) is 5.82 Å². The fourth-order valence-corrected chi connectivity index (χ4v) is 2.41. The quantitative estimate of drug-likeness (QED) is 0.790. The van der Waals surface area contributed by atoms with Crippen molar-refractivity contribution in [1.82, 2.24) is 9.97 Å². The van der Waals surface area contributed by atoms with Gasteiger partial charge in [-0.2, -0.15) is 0 Å². The van der Waals surface area contributed by atoms with Crippen molar-refractivity contribution in [2.45, 2.75) is 19.3 Å². The summed E-state index contributed by atoms with van der Waals surface area (Å²) >= 11 is 0. The molecule has 0 spiro atoms. The minimum atomic E-state index is 0.889. The second-order valence-corrected chi connectivity index (χ2v) is 4.98. The third-order valence-corrected chi connectivity index (χ3v) is 3.52. The Morgan fingerprint density at radius 1 is 1.19 bits per heavy atom. The number of pyridine rings is 1. The molecule has 0 fully saturated rings. The Morgan fingerprint density at radius 2 is 2.10 bits per heavy atom. The van der Waals surface area contributed by atoms with Crippen LogP contribution in [0.15, 0.2) is 54.6 Å². The highest BCUT2D eigenvalue weighted by Crippen LogP contribution is 2.27. The van der Waals surface area contributed by atoms with E-state index in [4.69, 9.17) is 4.42 Å². The highest BCUT2D eigenvalue weighted by atomic mass is 16.3. The van der Waals surface area contributed by atoms with Crippen molar-refractivity contribution in [1.29, 1.82) is 0 Å². The molecule has 0 atom stereocenters. The van der Waals surface area contributed by atoms with Crippen LogP contribution in [-0.2, 0) is 6.42 Å². The van der Waals surface area contributed by atoms with E-state index in [-0.39, 0.29) is 0 Å². The SMILES string of the molecule is C=C1C=CNc2ncccc21.C=C1CCCc2ocnc21. The number of nitrogens with zero attached hydrogens (tertiary/aromatic N) is 2. The first-order valence-electron chi connectivity index (χ1n) is 6.93. The lowest BCUT2D eigenvalue weighted by molar-refractivity contribution is 0.493. The normalized spacial score (nSPS) is 15.4. The Labute approximate surface area is 123 Å². The number of hydrogen-bond acceptors (Lipinski definition) is 4. The van der Waals surface area contributed by atoms with Crippen LogP contribution >= 0.6 is 0 Å². The van der Waals surface area contributed by atoms with Gasteiger partial charge < -0.3 is 9.73 Å². The Kier molecular flexibility index (Phi) is 3.69. The molecule has 0 saturated heterocycles. The van der Waals surface area contributed by atoms with Gasteiger partial charge in [0.25, 0.3) is 0 Å². The number of aromatic nitrogens is 2. The van der Waals surface area contributed by atoms with Gasteiger partial charge in [-0.3, -0.25) is 0 Å². The van der Waals surface area contributed by atoms with Gasteiger partial charge in [0.05, 0.1) is 0 Å². The zero-order valence-electron chi connectivity index (χ0n) is 11.8. The molecule has 0 saturated carbocycles. The van der Waals surface area contributed by atoms with E-state index in [0.717, 1.165) is 53.2 Å². The average Bonchev–Trinajstić information content (AvgIpc) is 2.99. The van der Waals surface area contributed by atoms with Gasteiger partial charge in [-0.05, 0) is 42.2 Å². The van der Waals surface area contributed by atoms with Crippen LogP contribution in [0.25, 0.3) is 11.1 Å². The molecule has 2 aliphatic rings. The van der Waals surface area contributed by atoms with Gasteiger partial charge in [0.1, 0.15) is 17.3 Å². The van der Waals surface area contributed by atoms with Crippen LogP contribution in [0, 0.1) is 0 Å². The highest BCUT2D eigenvalue weighted by molar-refractivity contribution is 5.82. The molecule has 4 rings (SSSR count). The van der Waals surface area contributed by atoms with Crippen molar-refractivity contribution in [2.24, 2.45) is 0 Å². The molecule has 2 aromatic rings. The Morgan fingerprint density at radius 3 is 2.90 bits per heavy atom. The number of fused-ring (bicyclic) bond motifs is 2. The minimum Gasteiger partial charge on any atom is -0.448 e. The van der Waals surface area contributed by atoms with Crippen molar-refractivity contribution in [3.63, 3.8) is 0 Å². The summed E-state index contributed by atoms with van der Waals surface area (Å²) in [7, 11) is 0. The smallest absolute Gasteiger partial charge is 0.181 e. The van der Waals surface area contributed by atoms with E-state index >= 15 is 0 Å². The molecule has 106 valence electrons. The highest BCUT2D eigenvalue weighted by Gasteiger charge is 2.15. The number of nitrogens with one attached hydrogen (secondary N) is 1. The topological polar surface area (TPSA) is 51.0 Å². The van der Waals surface area contributed by atoms with Crippen LogP contribution in [-0.4, -0.2) is 9.97 Å². The molecule has 4 heteroatoms. The molecule has 1 aliphatic carbocycles. The molecular formula is C17H17N3O. The van der Waals surface area contributed by atoms with E-state index in [0.29, 0.717) is 0 Å². The molecule has 1 aliphatic heterocycles. The zero-order chi connectivity index (χ0) is 14.7. The second kappa shape index (κ2) is 5.79. The molecular weight excluding hydrogens is 262 g/mol. The summed E-state index contributed by atoms with van der Waals surface area (Å²) < 4.78 is 5.15. The van der Waals surface area contributed by atoms with E-state index in [1.807, 2.05) is 24.4 Å². The van der Waals surface area contributed by atoms with E-state index in [1.165, 1.54) is 6.39 Å². The third-order valence-electron chi connectivity index (χ3n) is 3.52. The molecule has 2 aromatic heterocycles. The summed E-state index contributed by atoms with van der Waals surface area (Å²) in [6, 6.07) is 3.91. The maximum atomic E-state index is 5.15. The first kappa shape index (κ1) is 13.4. The van der Waals surface area contributed by atoms with Crippen LogP contribution < -0.4 is 5.32 Å². The van der Waals surface area contributed by atoms with E-state index in [1.54, 1.807) is 6.20 Å². The van der Waals surface area contributed by atoms with E-state index in [2.05, 4.69) is 28.4 Å². The monoisotopic (exact) mass is 279 g/mol. The number of oxazole rings is 1. The molecule has 21 heavy (non-hydrogen) atoms. The molecule has 0 bridgehead atoms. The average molecular weight is 279 g/mol. The van der Waals surface area contributed by atoms with Crippen LogP contribution in [0.3, 0.4) is 0 Å². The van der Waals surface area contributed by atoms with Gasteiger partial charge in [0, 0.05) is 24.4 Å². The number of allylic oxidation sites excluding steroid dienone is 3. The fraction of sp³-hybridized carbons (Fsp3) is 0.176. The molecule has 0 amide bonds. The van der Waals surface area contributed by atoms with Crippen molar-refractivity contribution in [2.75, 3.05) is 5.32 Å². The molecule has 1 N–H and O–H groups in total. The van der Waals surface area contributed by atoms with Gasteiger partial charge in [0.15, 0.2) is 6.39 Å². The zero-order valence-corrected chi connectivity index (χ0v) is 11.8. The number of rotatable bonds is 0. The van der Waals surface area contributed by atoms with Crippen molar-refractivity contribution in [3.05, 3.63) is 67.2 Å². The standard InChI is InChI=1S/C9H8N2.C8H9NO/c1-7-4-6-11-9-8(7)3-2-5-10-9;1-6-3-2-4-7-8(6)9-5-10-7/h2-6H,1H2,(H,10,11);5H,1-4H2. The summed E-state index contributed by atoms with van der Waals surface area (Å²) in [6.45, 7) is 7.79. The van der Waals surface area contributed by atoms with Crippen molar-refractivity contribution in [3.8, 4) is 0 Å². The van der Waals surface area contributed by atoms with Gasteiger partial charge >= 0.3 is 0 Å². The Bertz CT molecular complexity index is 712. The van der Waals surface area contributed by atoms with Crippen molar-refractivity contribution >= 4 is 17.0 Å². The number of aryl methyl sites for hydroxylation is 1. The largest absolute Gasteiger partial charge is 0.448 e. The predicted molar refractivity (Wildman–Crippen MR) is 84.5 cm³/mol. The van der Waals surface area contributed by atoms with Gasteiger partial charge in [-0.1, -0.05) is 13.2 Å². The number of anilines is 1. The summed E-state index contributed by atoms with van der Waals surface area (Å²) in [5, 5.41) is 3.04. The lowest BCUT2D eigenvalue weighted by Gasteiger charge is -2.11. The first-order chi connectivity index (χ1) is 10.3. The molecule has 3 heterocycles. The minimum absolute atomic E-state index is 0.889. The Balaban J connectivity index is 0.000000126. The third kappa shape index (κ3) is 2.79. The predicted octanol–water partition coefficient (Wildman–Crippen LogP) is 4.06. The lowest BCUT2D eigenvalue weighted by Crippen LogP contribution is -2.00. The molecule has 0 unspecified atom stereocenters. The van der Waals surface area contributed by atoms with E-state index in [9.17, 15) is 0 Å². The first-order valence-corrected chi connectivity index (χ1v) is 6.93. The van der Waals surface area contributed by atoms with E-state index < -0.39 is 0 Å². The van der Waals surface area contributed by atoms with Crippen LogP contribution in [0.1, 0.15) is 29.9 Å². The number of hydrogen-bond donors (Lipinski definition) is 1. The molecule has 4 nitrogen and oxygen atoms in total. The van der Waals surface area contributed by atoms with Gasteiger partial charge in [-0.25, -0.2) is 9.97 Å². The summed E-state index contributed by atoms with van der Waals surface area (Å²) in [5.41, 5.74) is 4.20. The van der Waals surface area contributed by atoms with Gasteiger partial charge in [0.2, 0.25) is 0 Å². The fourth-order valence-electron chi connectivity index (χ4n) is 2.41.